The quantitative estimate of drug-likeness (QED) is 0.0999. The molecule has 0 aliphatic rings. The minimum Gasteiger partial charge on any atom is -0.353 e. The molecule has 2 heterocycles. The number of anilines is 3. The van der Waals surface area contributed by atoms with Gasteiger partial charge in [-0.15, -0.1) is 0 Å². The Kier molecular flexibility index (Phi) is 9.58. The molecule has 0 spiro atoms. The van der Waals surface area contributed by atoms with E-state index in [2.05, 4.69) is 25.9 Å². The molecule has 3 amide bonds. The van der Waals surface area contributed by atoms with Crippen molar-refractivity contribution in [2.75, 3.05) is 16.0 Å². The van der Waals surface area contributed by atoms with E-state index in [0.29, 0.717) is 32.7 Å². The molecule has 14 nitrogen and oxygen atoms in total. The monoisotopic (exact) mass is 1000 g/mol. The molecule has 14 heteroatoms. The summed E-state index contributed by atoms with van der Waals surface area (Å²) in [5.74, 6) is -1.51. The topological polar surface area (TPSA) is 221 Å². The smallest absolute Gasteiger partial charge is 0.255 e. The number of fused-ring (bicyclic) bond motifs is 16. The highest BCUT2D eigenvalue weighted by Crippen LogP contribution is 2.39. The fourth-order valence-electron chi connectivity index (χ4n) is 11.3. The molecule has 2 aromatic heterocycles. The van der Waals surface area contributed by atoms with Gasteiger partial charge in [-0.3, -0.25) is 43.2 Å². The number of benzene rings is 12. The molecule has 12 aromatic carbocycles. The average Bonchev–Trinajstić information content (AvgIpc) is 4.06. The molecule has 14 aromatic rings. The number of hydrogen-bond donors (Lipinski definition) is 5. The van der Waals surface area contributed by atoms with Crippen LogP contribution in [0.25, 0.3) is 108 Å². The van der Waals surface area contributed by atoms with E-state index in [1.807, 2.05) is 0 Å². The Morgan fingerprint density at radius 2 is 0.571 bits per heavy atom. The van der Waals surface area contributed by atoms with Crippen LogP contribution in [-0.2, 0) is 0 Å². The van der Waals surface area contributed by atoms with Crippen LogP contribution in [0, 0.1) is 0 Å². The zero-order chi connectivity index (χ0) is 52.5. The van der Waals surface area contributed by atoms with E-state index in [-0.39, 0.29) is 109 Å². The highest BCUT2D eigenvalue weighted by Gasteiger charge is 2.27. The zero-order valence-corrected chi connectivity index (χ0v) is 39.8. The number of nitrogens with one attached hydrogen (secondary N) is 5. The molecule has 5 N–H and O–H groups in total. The van der Waals surface area contributed by atoms with Crippen molar-refractivity contribution in [3.8, 4) is 0 Å². The van der Waals surface area contributed by atoms with Gasteiger partial charge in [-0.1, -0.05) is 97.1 Å². The van der Waals surface area contributed by atoms with Gasteiger partial charge < -0.3 is 25.9 Å². The summed E-state index contributed by atoms with van der Waals surface area (Å²) in [6, 6.07) is 45.6. The van der Waals surface area contributed by atoms with Crippen LogP contribution in [0.2, 0.25) is 0 Å². The van der Waals surface area contributed by atoms with E-state index in [9.17, 15) is 33.6 Å². The third kappa shape index (κ3) is 6.45. The van der Waals surface area contributed by atoms with Crippen molar-refractivity contribution < 1.29 is 14.4 Å². The Morgan fingerprint density at radius 3 is 0.987 bits per heavy atom. The van der Waals surface area contributed by atoms with Crippen LogP contribution in [0.4, 0.5) is 17.1 Å². The molecule has 0 atom stereocenters. The minimum atomic E-state index is -0.639. The molecule has 0 fully saturated rings. The van der Waals surface area contributed by atoms with Gasteiger partial charge in [0, 0.05) is 65.2 Å². The number of rotatable bonds is 6. The van der Waals surface area contributed by atoms with Gasteiger partial charge in [0.25, 0.3) is 17.7 Å². The molecule has 14 rings (SSSR count). The first kappa shape index (κ1) is 44.7. The Hall–Kier alpha value is -11.0. The number of carbonyl (C=O) groups is 3. The van der Waals surface area contributed by atoms with Gasteiger partial charge in [-0.05, 0) is 72.8 Å². The molecule has 77 heavy (non-hydrogen) atoms. The van der Waals surface area contributed by atoms with Gasteiger partial charge >= 0.3 is 0 Å². The number of hydrogen-bond acceptors (Lipinski definition) is 9. The predicted molar refractivity (Wildman–Crippen MR) is 305 cm³/mol. The van der Waals surface area contributed by atoms with Crippen molar-refractivity contribution in [3.05, 3.63) is 248 Å². The largest absolute Gasteiger partial charge is 0.353 e. The summed E-state index contributed by atoms with van der Waals surface area (Å²) in [4.78, 5) is 137. The maximum atomic E-state index is 15.7. The molecular weight excluding hydrogens is 971 g/mol. The highest BCUT2D eigenvalue weighted by atomic mass is 16.2. The number of amides is 3. The number of aromatic amines is 2. The Balaban J connectivity index is 1.03. The van der Waals surface area contributed by atoms with Crippen LogP contribution >= 0.6 is 0 Å². The average molecular weight is 1000 g/mol. The molecule has 0 aliphatic carbocycles. The van der Waals surface area contributed by atoms with Crippen molar-refractivity contribution in [3.63, 3.8) is 0 Å². The molecule has 0 radical (unpaired) electrons. The van der Waals surface area contributed by atoms with Crippen LogP contribution in [0.3, 0.4) is 0 Å². The molecule has 0 unspecified atom stereocenters. The van der Waals surface area contributed by atoms with Crippen molar-refractivity contribution in [1.29, 1.82) is 0 Å². The summed E-state index contributed by atoms with van der Waals surface area (Å²) >= 11 is 0. The van der Waals surface area contributed by atoms with Crippen LogP contribution in [-0.4, -0.2) is 27.7 Å². The number of aromatic nitrogens is 2. The Morgan fingerprint density at radius 1 is 0.260 bits per heavy atom. The maximum absolute atomic E-state index is 15.7. The van der Waals surface area contributed by atoms with Crippen molar-refractivity contribution >= 4 is 143 Å². The summed E-state index contributed by atoms with van der Waals surface area (Å²) in [5.41, 5.74) is -1.21. The normalized spacial score (nSPS) is 11.8. The third-order valence-corrected chi connectivity index (χ3v) is 14.8. The van der Waals surface area contributed by atoms with Gasteiger partial charge in [0.2, 0.25) is 0 Å². The fraction of sp³-hybridized carbons (Fsp3) is 0. The Bertz CT molecular complexity index is 5380. The summed E-state index contributed by atoms with van der Waals surface area (Å²) in [6.45, 7) is 0. The second kappa shape index (κ2) is 16.5. The van der Waals surface area contributed by atoms with Gasteiger partial charge in [-0.25, -0.2) is 0 Å². The first-order chi connectivity index (χ1) is 37.5. The standard InChI is InChI=1S/C63H33N5O9/c69-55-37-25-22-32-33-23-26-39-48(52(33)67-51(32)46(37)57(71)35-18-10-20-41(44(35)55)64-61(75)29-12-4-1-5-13-29)60(74)50-49(59(39)73)43(66-63(77)31-16-8-3-9-17-31)28-40-34-24-27-38-47(53(34)68-54(40)50)58(72)36-19-11-21-42(45(36)56(38)70)65-62(76)30-14-6-2-7-15-30/h1-28,67-68H,(H,64,75)(H,65,76)(H,66,77). The number of carbonyl (C=O) groups excluding carboxylic acids is 3. The van der Waals surface area contributed by atoms with E-state index in [1.165, 1.54) is 30.3 Å². The van der Waals surface area contributed by atoms with Crippen LogP contribution in [0.15, 0.2) is 199 Å². The second-order valence-electron chi connectivity index (χ2n) is 19.0. The lowest BCUT2D eigenvalue weighted by Crippen LogP contribution is -2.18. The lowest BCUT2D eigenvalue weighted by atomic mass is 9.95. The van der Waals surface area contributed by atoms with Crippen molar-refractivity contribution in [2.24, 2.45) is 0 Å². The maximum Gasteiger partial charge on any atom is 0.255 e. The first-order valence-electron chi connectivity index (χ1n) is 24.4. The van der Waals surface area contributed by atoms with Crippen molar-refractivity contribution in [2.45, 2.75) is 0 Å². The van der Waals surface area contributed by atoms with Gasteiger partial charge in [-0.2, -0.15) is 0 Å². The van der Waals surface area contributed by atoms with E-state index in [4.69, 9.17) is 0 Å². The summed E-state index contributed by atoms with van der Waals surface area (Å²) in [6.07, 6.45) is 0. The first-order valence-corrected chi connectivity index (χ1v) is 24.4. The predicted octanol–water partition coefficient (Wildman–Crippen LogP) is 10.1. The van der Waals surface area contributed by atoms with Crippen molar-refractivity contribution in [1.82, 2.24) is 9.97 Å². The zero-order valence-electron chi connectivity index (χ0n) is 39.8. The number of H-pyrrole nitrogens is 2. The summed E-state index contributed by atoms with van der Waals surface area (Å²) < 4.78 is 0. The summed E-state index contributed by atoms with van der Waals surface area (Å²) in [5, 5.41) is 10.2. The van der Waals surface area contributed by atoms with E-state index >= 15 is 9.59 Å². The molecule has 0 aliphatic heterocycles. The Labute approximate surface area is 429 Å². The SMILES string of the molecule is O=C(Nc1cccc2c(=O)c3c(ccc4c5ccc6c(=O)c7c(NC(=O)c8ccccc8)cc8c9ccc%10c(=O)c%11c(NC(=O)c%12ccccc%12)cccc%11c(=O)c%10c9[nH]c8c7c(=O)c6c5[nH]c43)c(=O)c12)c1ccccc1. The molecular formula is C63H33N5O9. The van der Waals surface area contributed by atoms with E-state index in [1.54, 1.807) is 140 Å². The van der Waals surface area contributed by atoms with Gasteiger partial charge in [0.1, 0.15) is 0 Å². The minimum absolute atomic E-state index is 0.00226. The molecule has 0 bridgehead atoms. The molecule has 364 valence electrons. The van der Waals surface area contributed by atoms with Crippen LogP contribution in [0.5, 0.6) is 0 Å². The summed E-state index contributed by atoms with van der Waals surface area (Å²) in [7, 11) is 0. The van der Waals surface area contributed by atoms with Gasteiger partial charge in [0.15, 0.2) is 32.6 Å². The van der Waals surface area contributed by atoms with Gasteiger partial charge in [0.05, 0.1) is 76.8 Å². The molecule has 0 saturated heterocycles. The molecule has 0 saturated carbocycles. The van der Waals surface area contributed by atoms with E-state index < -0.39 is 50.3 Å². The third-order valence-electron chi connectivity index (χ3n) is 14.8. The lowest BCUT2D eigenvalue weighted by Gasteiger charge is -2.11. The lowest BCUT2D eigenvalue weighted by molar-refractivity contribution is 0.101. The van der Waals surface area contributed by atoms with E-state index in [0.717, 1.165) is 0 Å². The highest BCUT2D eigenvalue weighted by molar-refractivity contribution is 6.30. The second-order valence-corrected chi connectivity index (χ2v) is 19.0. The van der Waals surface area contributed by atoms with Crippen LogP contribution in [0.1, 0.15) is 31.1 Å². The fourth-order valence-corrected chi connectivity index (χ4v) is 11.3. The van der Waals surface area contributed by atoms with Crippen LogP contribution < -0.4 is 48.5 Å².